The van der Waals surface area contributed by atoms with Crippen LogP contribution < -0.4 is 19.7 Å². The van der Waals surface area contributed by atoms with Crippen LogP contribution in [0, 0.1) is 6.92 Å². The second-order valence-electron chi connectivity index (χ2n) is 6.10. The predicted octanol–water partition coefficient (Wildman–Crippen LogP) is 5.10. The normalized spacial score (nSPS) is 11.8. The van der Waals surface area contributed by atoms with Crippen molar-refractivity contribution in [1.29, 1.82) is 0 Å². The number of aromatic nitrogens is 2. The highest BCUT2D eigenvalue weighted by molar-refractivity contribution is 9.10. The van der Waals surface area contributed by atoms with E-state index >= 15 is 0 Å². The number of ether oxygens (including phenoxy) is 2. The van der Waals surface area contributed by atoms with Gasteiger partial charge in [-0.25, -0.2) is 4.79 Å². The van der Waals surface area contributed by atoms with Gasteiger partial charge in [-0.3, -0.25) is 10.2 Å². The fraction of sp³-hybridized carbons (Fsp3) is 0.353. The molecule has 0 aliphatic rings. The number of urea groups is 1. The summed E-state index contributed by atoms with van der Waals surface area (Å²) >= 11 is 3.28. The Morgan fingerprint density at radius 2 is 1.55 bits per heavy atom. The van der Waals surface area contributed by atoms with Crippen LogP contribution in [-0.4, -0.2) is 48.6 Å². The molecule has 2 rings (SSSR count). The number of aryl methyl sites for hydroxylation is 1. The molecule has 14 heteroatoms. The summed E-state index contributed by atoms with van der Waals surface area (Å²) in [6.07, 6.45) is -9.44. The number of benzene rings is 1. The van der Waals surface area contributed by atoms with Gasteiger partial charge < -0.3 is 9.47 Å². The molecule has 1 heterocycles. The van der Waals surface area contributed by atoms with Crippen molar-refractivity contribution in [2.24, 2.45) is 0 Å². The quantitative estimate of drug-likeness (QED) is 0.540. The molecule has 1 aromatic heterocycles. The lowest BCUT2D eigenvalue weighted by atomic mass is 10.2. The van der Waals surface area contributed by atoms with E-state index in [1.165, 1.54) is 7.05 Å². The van der Waals surface area contributed by atoms with Crippen molar-refractivity contribution in [3.05, 3.63) is 34.3 Å². The van der Waals surface area contributed by atoms with Gasteiger partial charge in [-0.2, -0.15) is 36.3 Å². The van der Waals surface area contributed by atoms with Crippen molar-refractivity contribution in [1.82, 2.24) is 9.97 Å². The zero-order valence-electron chi connectivity index (χ0n) is 15.9. The first kappa shape index (κ1) is 24.5. The third-order valence-corrected chi connectivity index (χ3v) is 3.98. The van der Waals surface area contributed by atoms with E-state index in [9.17, 15) is 31.1 Å². The maximum absolute atomic E-state index is 12.5. The van der Waals surface area contributed by atoms with E-state index in [2.05, 4.69) is 40.7 Å². The van der Waals surface area contributed by atoms with E-state index in [-0.39, 0.29) is 0 Å². The van der Waals surface area contributed by atoms with Crippen molar-refractivity contribution in [3.63, 3.8) is 0 Å². The smallest absolute Gasteiger partial charge is 0.422 e. The Labute approximate surface area is 180 Å². The molecule has 0 atom stereocenters. The largest absolute Gasteiger partial charge is 0.468 e. The number of rotatable bonds is 6. The van der Waals surface area contributed by atoms with Crippen LogP contribution in [0.1, 0.15) is 5.56 Å². The fourth-order valence-electron chi connectivity index (χ4n) is 2.20. The standard InChI is InChI=1S/C17H15BrF6N4O3/c1-9-5-10(18)3-4-11(9)28(2)15(29)27-14-25-12(30-7-16(19,20)21)6-13(26-14)31-8-17(22,23)24/h3-6H,7-8H2,1-2H3,(H,25,26,27,29). The summed E-state index contributed by atoms with van der Waals surface area (Å²) < 4.78 is 84.0. The Bertz CT molecular complexity index is 903. The van der Waals surface area contributed by atoms with Gasteiger partial charge in [-0.05, 0) is 30.7 Å². The molecule has 0 fully saturated rings. The molecular weight excluding hydrogens is 502 g/mol. The van der Waals surface area contributed by atoms with Crippen LogP contribution in [0.4, 0.5) is 42.8 Å². The van der Waals surface area contributed by atoms with Gasteiger partial charge in [0.2, 0.25) is 17.7 Å². The minimum atomic E-state index is -4.72. The van der Waals surface area contributed by atoms with E-state index in [0.717, 1.165) is 9.37 Å². The monoisotopic (exact) mass is 516 g/mol. The fourth-order valence-corrected chi connectivity index (χ4v) is 2.68. The predicted molar refractivity (Wildman–Crippen MR) is 101 cm³/mol. The number of anilines is 2. The number of nitrogens with one attached hydrogen (secondary N) is 1. The lowest BCUT2D eigenvalue weighted by molar-refractivity contribution is -0.154. The number of carbonyl (C=O) groups is 1. The lowest BCUT2D eigenvalue weighted by Crippen LogP contribution is -2.32. The number of carbonyl (C=O) groups excluding carboxylic acids is 1. The highest BCUT2D eigenvalue weighted by atomic mass is 79.9. The maximum Gasteiger partial charge on any atom is 0.422 e. The number of amides is 2. The third-order valence-electron chi connectivity index (χ3n) is 3.49. The van der Waals surface area contributed by atoms with Gasteiger partial charge in [0.05, 0.1) is 6.07 Å². The number of hydrogen-bond donors (Lipinski definition) is 1. The maximum atomic E-state index is 12.5. The first-order valence-corrected chi connectivity index (χ1v) is 9.12. The highest BCUT2D eigenvalue weighted by Gasteiger charge is 2.30. The van der Waals surface area contributed by atoms with E-state index in [0.29, 0.717) is 17.3 Å². The molecule has 0 spiro atoms. The van der Waals surface area contributed by atoms with Crippen LogP contribution in [0.3, 0.4) is 0 Å². The molecule has 7 nitrogen and oxygen atoms in total. The van der Waals surface area contributed by atoms with Gasteiger partial charge in [0.1, 0.15) is 0 Å². The molecule has 0 aliphatic heterocycles. The van der Waals surface area contributed by atoms with E-state index in [4.69, 9.17) is 0 Å². The molecule has 0 unspecified atom stereocenters. The van der Waals surface area contributed by atoms with Gasteiger partial charge in [0, 0.05) is 17.2 Å². The van der Waals surface area contributed by atoms with Crippen LogP contribution in [-0.2, 0) is 0 Å². The van der Waals surface area contributed by atoms with Crippen molar-refractivity contribution in [2.45, 2.75) is 19.3 Å². The zero-order chi connectivity index (χ0) is 23.4. The third kappa shape index (κ3) is 8.11. The molecule has 2 amide bonds. The zero-order valence-corrected chi connectivity index (χ0v) is 17.5. The average Bonchev–Trinajstić information content (AvgIpc) is 2.63. The van der Waals surface area contributed by atoms with Gasteiger partial charge >= 0.3 is 18.4 Å². The number of hydrogen-bond acceptors (Lipinski definition) is 5. The summed E-state index contributed by atoms with van der Waals surface area (Å²) in [5, 5.41) is 2.19. The first-order chi connectivity index (χ1) is 14.2. The van der Waals surface area contributed by atoms with E-state index in [1.807, 2.05) is 0 Å². The first-order valence-electron chi connectivity index (χ1n) is 8.32. The molecular formula is C17H15BrF6N4O3. The van der Waals surface area contributed by atoms with Crippen molar-refractivity contribution in [3.8, 4) is 11.8 Å². The Morgan fingerprint density at radius 3 is 2.00 bits per heavy atom. The molecule has 0 radical (unpaired) electrons. The van der Waals surface area contributed by atoms with Crippen LogP contribution in [0.2, 0.25) is 0 Å². The summed E-state index contributed by atoms with van der Waals surface area (Å²) in [4.78, 5) is 20.8. The molecule has 170 valence electrons. The number of alkyl halides is 6. The summed E-state index contributed by atoms with van der Waals surface area (Å²) in [7, 11) is 1.40. The molecule has 0 saturated heterocycles. The van der Waals surface area contributed by atoms with Crippen LogP contribution >= 0.6 is 15.9 Å². The molecule has 1 aromatic carbocycles. The molecule has 0 saturated carbocycles. The Hall–Kier alpha value is -2.77. The van der Waals surface area contributed by atoms with Crippen molar-refractivity contribution < 1.29 is 40.6 Å². The van der Waals surface area contributed by atoms with Crippen molar-refractivity contribution >= 4 is 33.6 Å². The minimum absolute atomic E-state index is 0.485. The van der Waals surface area contributed by atoms with Gasteiger partial charge in [-0.1, -0.05) is 15.9 Å². The molecule has 2 aromatic rings. The molecule has 0 bridgehead atoms. The molecule has 0 aliphatic carbocycles. The second-order valence-corrected chi connectivity index (χ2v) is 7.01. The number of nitrogens with zero attached hydrogens (tertiary/aromatic N) is 3. The van der Waals surface area contributed by atoms with Crippen LogP contribution in [0.25, 0.3) is 0 Å². The van der Waals surface area contributed by atoms with Crippen LogP contribution in [0.15, 0.2) is 28.7 Å². The number of halogens is 7. The van der Waals surface area contributed by atoms with Gasteiger partial charge in [-0.15, -0.1) is 0 Å². The molecule has 31 heavy (non-hydrogen) atoms. The second kappa shape index (κ2) is 9.58. The van der Waals surface area contributed by atoms with E-state index in [1.54, 1.807) is 25.1 Å². The lowest BCUT2D eigenvalue weighted by Gasteiger charge is -2.20. The topological polar surface area (TPSA) is 76.6 Å². The summed E-state index contributed by atoms with van der Waals surface area (Å²) in [5.41, 5.74) is 1.20. The summed E-state index contributed by atoms with van der Waals surface area (Å²) in [6.45, 7) is -1.78. The average molecular weight is 517 g/mol. The highest BCUT2D eigenvalue weighted by Crippen LogP contribution is 2.26. The Kier molecular flexibility index (Phi) is 7.57. The van der Waals surface area contributed by atoms with Gasteiger partial charge in [0.25, 0.3) is 0 Å². The van der Waals surface area contributed by atoms with E-state index < -0.39 is 49.3 Å². The summed E-state index contributed by atoms with van der Waals surface area (Å²) in [5.74, 6) is -2.08. The minimum Gasteiger partial charge on any atom is -0.468 e. The Balaban J connectivity index is 2.24. The van der Waals surface area contributed by atoms with Crippen molar-refractivity contribution in [2.75, 3.05) is 30.5 Å². The van der Waals surface area contributed by atoms with Gasteiger partial charge in [0.15, 0.2) is 13.2 Å². The summed E-state index contributed by atoms with van der Waals surface area (Å²) in [6, 6.07) is 4.89. The SMILES string of the molecule is Cc1cc(Br)ccc1N(C)C(=O)Nc1nc(OCC(F)(F)F)cc(OCC(F)(F)F)n1. The Morgan fingerprint density at radius 1 is 1.03 bits per heavy atom. The van der Waals surface area contributed by atoms with Crippen LogP contribution in [0.5, 0.6) is 11.8 Å². The molecule has 1 N–H and O–H groups in total.